The molecule has 1 aliphatic heterocycles. The number of aromatic nitrogens is 2. The number of halogens is 1. The van der Waals surface area contributed by atoms with Crippen LogP contribution in [0.2, 0.25) is 0 Å². The molecule has 6 atom stereocenters. The monoisotopic (exact) mass is 516 g/mol. The molecule has 2 rings (SSSR count). The first-order valence-corrected chi connectivity index (χ1v) is 12.2. The molecular formula is C10H16FN2O15P3. The highest BCUT2D eigenvalue weighted by Gasteiger charge is 2.64. The highest BCUT2D eigenvalue weighted by Crippen LogP contribution is 2.66. The second-order valence-corrected chi connectivity index (χ2v) is 10.7. The number of H-pyrrole nitrogens is 1. The van der Waals surface area contributed by atoms with Gasteiger partial charge in [0.2, 0.25) is 0 Å². The quantitative estimate of drug-likeness (QED) is 0.188. The van der Waals surface area contributed by atoms with Gasteiger partial charge in [0.05, 0.1) is 0 Å². The van der Waals surface area contributed by atoms with Crippen LogP contribution in [0.25, 0.3) is 0 Å². The number of hydrogen-bond acceptors (Lipinski definition) is 11. The number of nitrogens with zero attached hydrogens (tertiary/aromatic N) is 1. The lowest BCUT2D eigenvalue weighted by Crippen LogP contribution is -2.50. The lowest BCUT2D eigenvalue weighted by molar-refractivity contribution is -0.205. The molecule has 31 heavy (non-hydrogen) atoms. The van der Waals surface area contributed by atoms with Gasteiger partial charge in [-0.25, -0.2) is 22.9 Å². The molecule has 0 radical (unpaired) electrons. The molecule has 17 nitrogen and oxygen atoms in total. The predicted octanol–water partition coefficient (Wildman–Crippen LogP) is -1.81. The summed E-state index contributed by atoms with van der Waals surface area (Å²) in [6.07, 6.45) is -3.77. The zero-order valence-corrected chi connectivity index (χ0v) is 17.7. The fourth-order valence-electron chi connectivity index (χ4n) is 2.48. The zero-order chi connectivity index (χ0) is 24.0. The summed E-state index contributed by atoms with van der Waals surface area (Å²) in [5.41, 5.74) is -4.61. The third kappa shape index (κ3) is 6.24. The van der Waals surface area contributed by atoms with E-state index in [2.05, 4.69) is 13.1 Å². The van der Waals surface area contributed by atoms with Gasteiger partial charge in [0.1, 0.15) is 18.3 Å². The van der Waals surface area contributed by atoms with Crippen LogP contribution in [-0.4, -0.2) is 63.5 Å². The van der Waals surface area contributed by atoms with E-state index in [1.165, 1.54) is 0 Å². The van der Waals surface area contributed by atoms with Crippen LogP contribution in [-0.2, 0) is 31.6 Å². The predicted molar refractivity (Wildman–Crippen MR) is 91.7 cm³/mol. The number of phosphoric acid groups is 3. The van der Waals surface area contributed by atoms with Gasteiger partial charge in [0.25, 0.3) is 11.4 Å². The molecule has 0 bridgehead atoms. The Labute approximate surface area is 170 Å². The van der Waals surface area contributed by atoms with Gasteiger partial charge in [-0.3, -0.25) is 18.9 Å². The molecule has 0 spiro atoms. The van der Waals surface area contributed by atoms with Crippen molar-refractivity contribution in [2.75, 3.05) is 6.61 Å². The summed E-state index contributed by atoms with van der Waals surface area (Å²) in [5, 5.41) is 20.4. The molecule has 2 heterocycles. The van der Waals surface area contributed by atoms with Crippen molar-refractivity contribution in [1.29, 1.82) is 0 Å². The summed E-state index contributed by atoms with van der Waals surface area (Å²) in [7, 11) is -17.3. The van der Waals surface area contributed by atoms with Crippen LogP contribution in [0.1, 0.15) is 13.2 Å². The van der Waals surface area contributed by atoms with E-state index in [1.807, 2.05) is 0 Å². The van der Waals surface area contributed by atoms with Crippen molar-refractivity contribution in [3.05, 3.63) is 33.1 Å². The van der Waals surface area contributed by atoms with Crippen LogP contribution in [0.5, 0.6) is 0 Å². The normalized spacial score (nSPS) is 33.0. The van der Waals surface area contributed by atoms with Crippen molar-refractivity contribution in [1.82, 2.24) is 9.55 Å². The fourth-order valence-corrected chi connectivity index (χ4v) is 5.51. The van der Waals surface area contributed by atoms with Crippen LogP contribution in [0.3, 0.4) is 0 Å². The largest absolute Gasteiger partial charge is 0.490 e. The minimum absolute atomic E-state index is 0.483. The van der Waals surface area contributed by atoms with Crippen molar-refractivity contribution in [2.45, 2.75) is 30.7 Å². The topological polar surface area (TPSA) is 264 Å². The molecule has 1 aliphatic rings. The van der Waals surface area contributed by atoms with Crippen molar-refractivity contribution in [3.8, 4) is 0 Å². The Hall–Kier alpha value is -1.10. The average molecular weight is 516 g/mol. The number of aromatic amines is 1. The molecule has 0 saturated carbocycles. The minimum atomic E-state index is -5.89. The van der Waals surface area contributed by atoms with Gasteiger partial charge in [0.15, 0.2) is 6.23 Å². The Morgan fingerprint density at radius 1 is 1.19 bits per heavy atom. The Kier molecular flexibility index (Phi) is 7.05. The van der Waals surface area contributed by atoms with Gasteiger partial charge in [-0.05, 0) is 6.92 Å². The molecule has 1 saturated heterocycles. The first-order chi connectivity index (χ1) is 13.8. The smallest absolute Gasteiger partial charge is 0.384 e. The van der Waals surface area contributed by atoms with Gasteiger partial charge in [0, 0.05) is 12.3 Å². The molecule has 178 valence electrons. The summed E-state index contributed by atoms with van der Waals surface area (Å²) in [5.74, 6) is -3.53. The van der Waals surface area contributed by atoms with Gasteiger partial charge in [-0.1, -0.05) is 0 Å². The summed E-state index contributed by atoms with van der Waals surface area (Å²) < 4.78 is 64.8. The molecule has 1 aromatic heterocycles. The van der Waals surface area contributed by atoms with Crippen LogP contribution < -0.4 is 11.2 Å². The van der Waals surface area contributed by atoms with E-state index in [0.717, 1.165) is 19.2 Å². The number of aliphatic hydroxyl groups is 2. The van der Waals surface area contributed by atoms with E-state index < -0.39 is 65.1 Å². The molecule has 0 aromatic carbocycles. The molecule has 0 aliphatic carbocycles. The fraction of sp³-hybridized carbons (Fsp3) is 0.600. The van der Waals surface area contributed by atoms with Gasteiger partial charge in [-0.2, -0.15) is 8.62 Å². The van der Waals surface area contributed by atoms with Crippen molar-refractivity contribution < 1.29 is 65.8 Å². The van der Waals surface area contributed by atoms with E-state index in [1.54, 1.807) is 4.98 Å². The minimum Gasteiger partial charge on any atom is -0.384 e. The highest BCUT2D eigenvalue weighted by molar-refractivity contribution is 7.66. The highest BCUT2D eigenvalue weighted by atomic mass is 31.3. The molecular weight excluding hydrogens is 500 g/mol. The third-order valence-corrected chi connectivity index (χ3v) is 7.50. The summed E-state index contributed by atoms with van der Waals surface area (Å²) in [4.78, 5) is 60.1. The van der Waals surface area contributed by atoms with Crippen molar-refractivity contribution in [2.24, 2.45) is 0 Å². The van der Waals surface area contributed by atoms with E-state index in [9.17, 15) is 38.4 Å². The van der Waals surface area contributed by atoms with E-state index in [4.69, 9.17) is 19.4 Å². The second kappa shape index (κ2) is 8.35. The van der Waals surface area contributed by atoms with Crippen molar-refractivity contribution >= 4 is 23.5 Å². The van der Waals surface area contributed by atoms with Crippen molar-refractivity contribution in [3.63, 3.8) is 0 Å². The summed E-state index contributed by atoms with van der Waals surface area (Å²) in [6.45, 7) is -0.950. The Bertz CT molecular complexity index is 1100. The van der Waals surface area contributed by atoms with Crippen LogP contribution >= 0.6 is 23.5 Å². The number of rotatable bonds is 8. The molecule has 1 aromatic rings. The number of aliphatic hydroxyl groups excluding tert-OH is 1. The number of ether oxygens (including phenoxy) is 1. The van der Waals surface area contributed by atoms with Gasteiger partial charge in [-0.15, -0.1) is 0 Å². The van der Waals surface area contributed by atoms with Gasteiger partial charge >= 0.3 is 29.2 Å². The molecule has 1 fully saturated rings. The maximum absolute atomic E-state index is 15.1. The molecule has 0 amide bonds. The Morgan fingerprint density at radius 3 is 2.29 bits per heavy atom. The second-order valence-electron chi connectivity index (χ2n) is 6.27. The van der Waals surface area contributed by atoms with Crippen LogP contribution in [0.4, 0.5) is 4.39 Å². The lowest BCUT2D eigenvalue weighted by atomic mass is 9.95. The van der Waals surface area contributed by atoms with Gasteiger partial charge < -0.3 is 34.5 Å². The molecule has 3 unspecified atom stereocenters. The van der Waals surface area contributed by atoms with E-state index in [0.29, 0.717) is 4.57 Å². The standard InChI is InChI=1S/C10H16FN2O15P3/c1-9(17)6(15)10(11,26-7(9)13-3-2-5(14)12-8(13)16)4-25-30(21,22)28-31(23,24)27-29(18,19)20/h2-3,6-7,15,17H,4H2,1H3,(H,21,22)(H,23,24)(H,12,14,16)(H2,18,19,20)/t6-,7?,9+,10+/m0/s1. The Balaban J connectivity index is 2.22. The van der Waals surface area contributed by atoms with E-state index in [-0.39, 0.29) is 0 Å². The third-order valence-electron chi connectivity index (χ3n) is 3.71. The summed E-state index contributed by atoms with van der Waals surface area (Å²) >= 11 is 0. The van der Waals surface area contributed by atoms with Crippen LogP contribution in [0, 0.1) is 0 Å². The van der Waals surface area contributed by atoms with Crippen LogP contribution in [0.15, 0.2) is 21.9 Å². The number of alkyl halides is 1. The summed E-state index contributed by atoms with van der Waals surface area (Å²) in [6, 6.07) is 0.803. The molecule has 7 N–H and O–H groups in total. The molecule has 21 heteroatoms. The lowest BCUT2D eigenvalue weighted by Gasteiger charge is -2.27. The maximum atomic E-state index is 15.1. The first-order valence-electron chi connectivity index (χ1n) is 7.65. The zero-order valence-electron chi connectivity index (χ0n) is 15.0. The maximum Gasteiger partial charge on any atom is 0.490 e. The SMILES string of the molecule is C[C@]1(O)C(n2ccc(=O)[nH]c2=O)O[C@](F)(COP(=O)(O)OP(=O)(O)OP(=O)(O)O)[C@H]1O. The number of nitrogens with one attached hydrogen (secondary N) is 1. The number of hydrogen-bond donors (Lipinski definition) is 7. The Morgan fingerprint density at radius 2 is 1.77 bits per heavy atom. The van der Waals surface area contributed by atoms with E-state index >= 15 is 4.39 Å². The first kappa shape index (κ1) is 26.2. The average Bonchev–Trinajstić information content (AvgIpc) is 2.71. The number of phosphoric ester groups is 1.